The number of nitrogens with zero attached hydrogens (tertiary/aromatic N) is 1. The van der Waals surface area contributed by atoms with Gasteiger partial charge in [0.1, 0.15) is 0 Å². The fraction of sp³-hybridized carbons (Fsp3) is 1.00. The predicted octanol–water partition coefficient (Wildman–Crippen LogP) is 1.81. The van der Waals surface area contributed by atoms with Crippen molar-refractivity contribution in [2.24, 2.45) is 5.41 Å². The van der Waals surface area contributed by atoms with Gasteiger partial charge in [0.2, 0.25) is 0 Å². The van der Waals surface area contributed by atoms with Crippen LogP contribution in [0.4, 0.5) is 0 Å². The minimum Gasteiger partial charge on any atom is -0.316 e. The highest BCUT2D eigenvalue weighted by molar-refractivity contribution is 7.98. The topological polar surface area (TPSA) is 15.3 Å². The Hall–Kier alpha value is 0.270. The zero-order chi connectivity index (χ0) is 10.6. The van der Waals surface area contributed by atoms with Gasteiger partial charge >= 0.3 is 0 Å². The van der Waals surface area contributed by atoms with E-state index in [2.05, 4.69) is 16.5 Å². The van der Waals surface area contributed by atoms with Crippen molar-refractivity contribution in [3.05, 3.63) is 0 Å². The molecule has 2 aliphatic rings. The molecule has 1 N–H and O–H groups in total. The molecule has 0 saturated carbocycles. The number of hydrogen-bond donors (Lipinski definition) is 1. The summed E-state index contributed by atoms with van der Waals surface area (Å²) in [7, 11) is 0. The average molecular weight is 228 g/mol. The Morgan fingerprint density at radius 1 is 1.33 bits per heavy atom. The third-order valence-electron chi connectivity index (χ3n) is 3.91. The van der Waals surface area contributed by atoms with Crippen LogP contribution in [0, 0.1) is 5.41 Å². The summed E-state index contributed by atoms with van der Waals surface area (Å²) in [5.41, 5.74) is 0.634. The van der Waals surface area contributed by atoms with E-state index in [1.165, 1.54) is 64.2 Å². The Morgan fingerprint density at radius 2 is 2.20 bits per heavy atom. The first-order chi connectivity index (χ1) is 7.35. The van der Waals surface area contributed by atoms with Crippen LogP contribution in [-0.2, 0) is 0 Å². The van der Waals surface area contributed by atoms with Gasteiger partial charge in [0.15, 0.2) is 0 Å². The zero-order valence-electron chi connectivity index (χ0n) is 9.93. The second-order valence-corrected chi connectivity index (χ2v) is 6.14. The van der Waals surface area contributed by atoms with Crippen LogP contribution in [0.1, 0.15) is 25.7 Å². The molecule has 1 spiro atoms. The van der Waals surface area contributed by atoms with Crippen LogP contribution in [-0.4, -0.2) is 49.6 Å². The summed E-state index contributed by atoms with van der Waals surface area (Å²) in [5.74, 6) is 1.30. The summed E-state index contributed by atoms with van der Waals surface area (Å²) in [4.78, 5) is 2.69. The van der Waals surface area contributed by atoms with Crippen molar-refractivity contribution in [3.8, 4) is 0 Å². The fourth-order valence-electron chi connectivity index (χ4n) is 3.10. The lowest BCUT2D eigenvalue weighted by molar-refractivity contribution is 0.0688. The molecule has 0 radical (unpaired) electrons. The lowest BCUT2D eigenvalue weighted by Crippen LogP contribution is -2.51. The van der Waals surface area contributed by atoms with Crippen molar-refractivity contribution < 1.29 is 0 Å². The minimum atomic E-state index is 0.634. The molecule has 0 aromatic carbocycles. The molecule has 2 aliphatic heterocycles. The van der Waals surface area contributed by atoms with E-state index in [9.17, 15) is 0 Å². The molecule has 15 heavy (non-hydrogen) atoms. The quantitative estimate of drug-likeness (QED) is 0.793. The largest absolute Gasteiger partial charge is 0.316 e. The van der Waals surface area contributed by atoms with Gasteiger partial charge < -0.3 is 10.2 Å². The monoisotopic (exact) mass is 228 g/mol. The lowest BCUT2D eigenvalue weighted by Gasteiger charge is -2.45. The van der Waals surface area contributed by atoms with Gasteiger partial charge in [-0.2, -0.15) is 11.8 Å². The molecule has 0 aliphatic carbocycles. The number of likely N-dealkylation sites (tertiary alicyclic amines) is 1. The predicted molar refractivity (Wildman–Crippen MR) is 68.6 cm³/mol. The average Bonchev–Trinajstić information content (AvgIpc) is 2.28. The van der Waals surface area contributed by atoms with E-state index in [-0.39, 0.29) is 0 Å². The number of rotatable bonds is 3. The van der Waals surface area contributed by atoms with Crippen LogP contribution >= 0.6 is 11.8 Å². The normalized spacial score (nSPS) is 33.4. The summed E-state index contributed by atoms with van der Waals surface area (Å²) in [6.45, 7) is 6.49. The SMILES string of the molecule is CSCCN1CCCC2(CCCNC2)C1. The number of hydrogen-bond acceptors (Lipinski definition) is 3. The number of thioether (sulfide) groups is 1. The molecule has 2 rings (SSSR count). The van der Waals surface area contributed by atoms with Gasteiger partial charge in [0, 0.05) is 25.4 Å². The summed E-state index contributed by atoms with van der Waals surface area (Å²) >= 11 is 1.97. The molecule has 3 heteroatoms. The van der Waals surface area contributed by atoms with Gasteiger partial charge in [0.25, 0.3) is 0 Å². The molecular weight excluding hydrogens is 204 g/mol. The van der Waals surface area contributed by atoms with Crippen molar-refractivity contribution in [1.29, 1.82) is 0 Å². The Bertz CT molecular complexity index is 185. The van der Waals surface area contributed by atoms with E-state index in [4.69, 9.17) is 0 Å². The number of piperidine rings is 2. The number of nitrogens with one attached hydrogen (secondary N) is 1. The third kappa shape index (κ3) is 3.11. The van der Waals surface area contributed by atoms with E-state index < -0.39 is 0 Å². The highest BCUT2D eigenvalue weighted by atomic mass is 32.2. The van der Waals surface area contributed by atoms with Crippen LogP contribution in [0.25, 0.3) is 0 Å². The standard InChI is InChI=1S/C12H24N2S/c1-15-9-8-14-7-3-5-12(11-14)4-2-6-13-10-12/h13H,2-11H2,1H3. The van der Waals surface area contributed by atoms with Gasteiger partial charge in [-0.15, -0.1) is 0 Å². The molecular formula is C12H24N2S. The van der Waals surface area contributed by atoms with Gasteiger partial charge in [0.05, 0.1) is 0 Å². The first-order valence-electron chi connectivity index (χ1n) is 6.27. The van der Waals surface area contributed by atoms with Crippen LogP contribution in [0.3, 0.4) is 0 Å². The molecule has 0 bridgehead atoms. The van der Waals surface area contributed by atoms with Crippen molar-refractivity contribution in [3.63, 3.8) is 0 Å². The second kappa shape index (κ2) is 5.55. The maximum Gasteiger partial charge on any atom is 0.00725 e. The molecule has 2 nitrogen and oxygen atoms in total. The molecule has 0 amide bonds. The van der Waals surface area contributed by atoms with Gasteiger partial charge in [-0.05, 0) is 50.4 Å². The Labute approximate surface area is 98.2 Å². The fourth-order valence-corrected chi connectivity index (χ4v) is 3.54. The molecule has 2 heterocycles. The maximum atomic E-state index is 3.59. The van der Waals surface area contributed by atoms with E-state index in [0.29, 0.717) is 5.41 Å². The van der Waals surface area contributed by atoms with Crippen LogP contribution in [0.2, 0.25) is 0 Å². The second-order valence-electron chi connectivity index (χ2n) is 5.15. The third-order valence-corrected chi connectivity index (χ3v) is 4.50. The Morgan fingerprint density at radius 3 is 2.93 bits per heavy atom. The molecule has 1 atom stereocenters. The molecule has 0 aromatic heterocycles. The van der Waals surface area contributed by atoms with E-state index >= 15 is 0 Å². The van der Waals surface area contributed by atoms with Crippen LogP contribution < -0.4 is 5.32 Å². The van der Waals surface area contributed by atoms with Gasteiger partial charge in [-0.3, -0.25) is 0 Å². The van der Waals surface area contributed by atoms with E-state index in [0.717, 1.165) is 0 Å². The van der Waals surface area contributed by atoms with Crippen LogP contribution in [0.15, 0.2) is 0 Å². The smallest absolute Gasteiger partial charge is 0.00725 e. The van der Waals surface area contributed by atoms with Crippen molar-refractivity contribution in [2.45, 2.75) is 25.7 Å². The van der Waals surface area contributed by atoms with E-state index in [1.807, 2.05) is 11.8 Å². The highest BCUT2D eigenvalue weighted by Gasteiger charge is 2.35. The highest BCUT2D eigenvalue weighted by Crippen LogP contribution is 2.35. The summed E-state index contributed by atoms with van der Waals surface area (Å²) in [6.07, 6.45) is 7.92. The van der Waals surface area contributed by atoms with Crippen LogP contribution in [0.5, 0.6) is 0 Å². The first kappa shape index (κ1) is 11.7. The van der Waals surface area contributed by atoms with Gasteiger partial charge in [-0.25, -0.2) is 0 Å². The molecule has 88 valence electrons. The summed E-state index contributed by atoms with van der Waals surface area (Å²) in [6, 6.07) is 0. The molecule has 2 saturated heterocycles. The molecule has 2 fully saturated rings. The molecule has 0 aromatic rings. The summed E-state index contributed by atoms with van der Waals surface area (Å²) in [5, 5.41) is 3.59. The van der Waals surface area contributed by atoms with Gasteiger partial charge in [-0.1, -0.05) is 0 Å². The lowest BCUT2D eigenvalue weighted by atomic mass is 9.74. The zero-order valence-corrected chi connectivity index (χ0v) is 10.7. The van der Waals surface area contributed by atoms with Crippen molar-refractivity contribution in [1.82, 2.24) is 10.2 Å². The van der Waals surface area contributed by atoms with Crippen molar-refractivity contribution >= 4 is 11.8 Å². The van der Waals surface area contributed by atoms with E-state index in [1.54, 1.807) is 0 Å². The van der Waals surface area contributed by atoms with Crippen molar-refractivity contribution in [2.75, 3.05) is 44.7 Å². The Balaban J connectivity index is 1.85. The Kier molecular flexibility index (Phi) is 4.35. The molecule has 1 unspecified atom stereocenters. The summed E-state index contributed by atoms with van der Waals surface area (Å²) < 4.78 is 0. The first-order valence-corrected chi connectivity index (χ1v) is 7.66. The minimum absolute atomic E-state index is 0.634. The maximum absolute atomic E-state index is 3.59.